The minimum atomic E-state index is 0. The number of pyridine rings is 1. The predicted molar refractivity (Wildman–Crippen MR) is 118 cm³/mol. The molecule has 0 aliphatic carbocycles. The van der Waals surface area contributed by atoms with Gasteiger partial charge in [-0.25, -0.2) is 0 Å². The minimum absolute atomic E-state index is 0. The molecule has 1 N–H and O–H groups in total. The zero-order valence-corrected chi connectivity index (χ0v) is 18.0. The average molecular weight is 468 g/mol. The van der Waals surface area contributed by atoms with Gasteiger partial charge in [0.1, 0.15) is 0 Å². The maximum atomic E-state index is 5.44. The van der Waals surface area contributed by atoms with Crippen molar-refractivity contribution in [3.63, 3.8) is 0 Å². The van der Waals surface area contributed by atoms with Gasteiger partial charge >= 0.3 is 0 Å². The molecular formula is C20H29IN4O. The van der Waals surface area contributed by atoms with Gasteiger partial charge in [0.15, 0.2) is 5.96 Å². The highest BCUT2D eigenvalue weighted by Crippen LogP contribution is 2.19. The van der Waals surface area contributed by atoms with Gasteiger partial charge in [-0.2, -0.15) is 0 Å². The number of aromatic nitrogens is 1. The number of aliphatic imine (C=N–C) groups is 1. The van der Waals surface area contributed by atoms with Crippen molar-refractivity contribution < 1.29 is 4.74 Å². The Bertz CT molecular complexity index is 711. The van der Waals surface area contributed by atoms with Crippen molar-refractivity contribution in [2.75, 3.05) is 33.9 Å². The van der Waals surface area contributed by atoms with Crippen LogP contribution in [0.15, 0.2) is 41.5 Å². The van der Waals surface area contributed by atoms with Crippen molar-refractivity contribution in [2.45, 2.75) is 25.8 Å². The van der Waals surface area contributed by atoms with E-state index in [0.717, 1.165) is 37.3 Å². The molecule has 0 radical (unpaired) electrons. The highest BCUT2D eigenvalue weighted by atomic mass is 127. The van der Waals surface area contributed by atoms with Crippen molar-refractivity contribution in [2.24, 2.45) is 10.9 Å². The fourth-order valence-corrected chi connectivity index (χ4v) is 3.39. The van der Waals surface area contributed by atoms with Crippen molar-refractivity contribution in [1.82, 2.24) is 15.2 Å². The maximum Gasteiger partial charge on any atom is 0.193 e. The monoisotopic (exact) mass is 468 g/mol. The fraction of sp³-hybridized carbons (Fsp3) is 0.500. The second-order valence-electron chi connectivity index (χ2n) is 6.65. The molecule has 3 rings (SSSR count). The first-order valence-corrected chi connectivity index (χ1v) is 9.10. The van der Waals surface area contributed by atoms with E-state index in [4.69, 9.17) is 4.74 Å². The van der Waals surface area contributed by atoms with E-state index < -0.39 is 0 Å². The lowest BCUT2D eigenvalue weighted by Crippen LogP contribution is -2.39. The summed E-state index contributed by atoms with van der Waals surface area (Å²) in [6.45, 7) is 3.51. The number of fused-ring (bicyclic) bond motifs is 1. The number of benzene rings is 1. The van der Waals surface area contributed by atoms with Crippen molar-refractivity contribution >= 4 is 40.7 Å². The Kier molecular flexibility index (Phi) is 8.58. The van der Waals surface area contributed by atoms with E-state index in [-0.39, 0.29) is 24.0 Å². The van der Waals surface area contributed by atoms with Crippen LogP contribution in [0.4, 0.5) is 0 Å². The Hall–Kier alpha value is -1.41. The Morgan fingerprint density at radius 2 is 2.04 bits per heavy atom. The van der Waals surface area contributed by atoms with E-state index in [2.05, 4.69) is 51.5 Å². The van der Waals surface area contributed by atoms with Crippen LogP contribution in [0.2, 0.25) is 0 Å². The van der Waals surface area contributed by atoms with Crippen LogP contribution in [0, 0.1) is 5.92 Å². The molecule has 6 heteroatoms. The lowest BCUT2D eigenvalue weighted by atomic mass is 9.96. The van der Waals surface area contributed by atoms with Crippen LogP contribution in [0.5, 0.6) is 0 Å². The van der Waals surface area contributed by atoms with E-state index >= 15 is 0 Å². The topological polar surface area (TPSA) is 49.8 Å². The minimum Gasteiger partial charge on any atom is -0.381 e. The molecule has 2 heterocycles. The Balaban J connectivity index is 0.00000243. The van der Waals surface area contributed by atoms with E-state index in [1.54, 1.807) is 0 Å². The number of hydrogen-bond acceptors (Lipinski definition) is 3. The third kappa shape index (κ3) is 5.54. The third-order valence-corrected chi connectivity index (χ3v) is 4.96. The number of hydrogen-bond donors (Lipinski definition) is 1. The molecule has 2 aromatic rings. The average Bonchev–Trinajstić information content (AvgIpc) is 2.67. The quantitative estimate of drug-likeness (QED) is 0.414. The van der Waals surface area contributed by atoms with Crippen molar-refractivity contribution in [3.05, 3.63) is 42.2 Å². The Morgan fingerprint density at radius 3 is 2.81 bits per heavy atom. The van der Waals surface area contributed by atoms with Crippen LogP contribution in [-0.4, -0.2) is 49.7 Å². The third-order valence-electron chi connectivity index (χ3n) is 4.96. The number of guanidine groups is 1. The predicted octanol–water partition coefficient (Wildman–Crippen LogP) is 3.68. The van der Waals surface area contributed by atoms with Crippen molar-refractivity contribution in [3.8, 4) is 0 Å². The number of nitrogens with one attached hydrogen (secondary N) is 1. The first kappa shape index (κ1) is 20.9. The van der Waals surface area contributed by atoms with Crippen molar-refractivity contribution in [1.29, 1.82) is 0 Å². The number of nitrogens with zero attached hydrogens (tertiary/aromatic N) is 3. The molecule has 26 heavy (non-hydrogen) atoms. The second-order valence-corrected chi connectivity index (χ2v) is 6.65. The molecule has 1 aromatic carbocycles. The molecule has 0 atom stereocenters. The SMILES string of the molecule is CN=C(NCc1nccc2ccccc12)N(C)CCC1CCOCC1.I. The summed E-state index contributed by atoms with van der Waals surface area (Å²) in [5, 5.41) is 5.87. The summed E-state index contributed by atoms with van der Waals surface area (Å²) in [5.74, 6) is 1.69. The lowest BCUT2D eigenvalue weighted by molar-refractivity contribution is 0.0625. The molecule has 1 aliphatic heterocycles. The van der Waals surface area contributed by atoms with E-state index in [1.807, 2.05) is 19.3 Å². The summed E-state index contributed by atoms with van der Waals surface area (Å²) in [4.78, 5) is 11.2. The number of rotatable bonds is 5. The number of halogens is 1. The van der Waals surface area contributed by atoms with Crippen LogP contribution in [-0.2, 0) is 11.3 Å². The van der Waals surface area contributed by atoms with E-state index in [0.29, 0.717) is 6.54 Å². The molecule has 0 bridgehead atoms. The molecule has 142 valence electrons. The first-order chi connectivity index (χ1) is 12.3. The normalized spacial score (nSPS) is 15.5. The van der Waals surface area contributed by atoms with E-state index in [9.17, 15) is 0 Å². The molecule has 0 saturated carbocycles. The molecule has 1 aromatic heterocycles. The summed E-state index contributed by atoms with van der Waals surface area (Å²) >= 11 is 0. The molecule has 1 fully saturated rings. The molecule has 0 amide bonds. The zero-order chi connectivity index (χ0) is 17.5. The first-order valence-electron chi connectivity index (χ1n) is 9.10. The van der Waals surface area contributed by atoms with Crippen LogP contribution in [0.1, 0.15) is 25.0 Å². The molecule has 1 aliphatic rings. The number of ether oxygens (including phenoxy) is 1. The highest BCUT2D eigenvalue weighted by Gasteiger charge is 2.15. The molecule has 0 unspecified atom stereocenters. The zero-order valence-electron chi connectivity index (χ0n) is 15.6. The second kappa shape index (κ2) is 10.7. The fourth-order valence-electron chi connectivity index (χ4n) is 3.39. The van der Waals surface area contributed by atoms with Gasteiger partial charge in [0.2, 0.25) is 0 Å². The smallest absolute Gasteiger partial charge is 0.193 e. The van der Waals surface area contributed by atoms with Gasteiger partial charge in [0, 0.05) is 45.4 Å². The summed E-state index contributed by atoms with van der Waals surface area (Å²) in [6, 6.07) is 10.4. The molecule has 1 saturated heterocycles. The van der Waals surface area contributed by atoms with Crippen LogP contribution in [0.3, 0.4) is 0 Å². The standard InChI is InChI=1S/C20H28N4O.HI/c1-21-20(24(2)12-8-16-9-13-25-14-10-16)23-15-19-18-6-4-3-5-17(18)7-11-22-19;/h3-7,11,16H,8-10,12-15H2,1-2H3,(H,21,23);1H. The van der Waals surface area contributed by atoms with Gasteiger partial charge in [-0.3, -0.25) is 9.98 Å². The van der Waals surface area contributed by atoms with Gasteiger partial charge in [0.05, 0.1) is 12.2 Å². The van der Waals surface area contributed by atoms with Gasteiger partial charge in [-0.15, -0.1) is 24.0 Å². The van der Waals surface area contributed by atoms with Crippen LogP contribution >= 0.6 is 24.0 Å². The van der Waals surface area contributed by atoms with E-state index in [1.165, 1.54) is 30.0 Å². The van der Waals surface area contributed by atoms with Crippen LogP contribution < -0.4 is 5.32 Å². The molecule has 0 spiro atoms. The molecular weight excluding hydrogens is 439 g/mol. The van der Waals surface area contributed by atoms with Gasteiger partial charge < -0.3 is 15.0 Å². The van der Waals surface area contributed by atoms with Gasteiger partial charge in [-0.05, 0) is 36.6 Å². The van der Waals surface area contributed by atoms with Crippen LogP contribution in [0.25, 0.3) is 10.8 Å². The summed E-state index contributed by atoms with van der Waals surface area (Å²) in [6.07, 6.45) is 5.42. The van der Waals surface area contributed by atoms with Gasteiger partial charge in [0.25, 0.3) is 0 Å². The summed E-state index contributed by atoms with van der Waals surface area (Å²) in [7, 11) is 3.94. The Morgan fingerprint density at radius 1 is 1.27 bits per heavy atom. The maximum absolute atomic E-state index is 5.44. The summed E-state index contributed by atoms with van der Waals surface area (Å²) in [5.41, 5.74) is 1.05. The lowest BCUT2D eigenvalue weighted by Gasteiger charge is -2.26. The summed E-state index contributed by atoms with van der Waals surface area (Å²) < 4.78 is 5.44. The Labute approximate surface area is 173 Å². The highest BCUT2D eigenvalue weighted by molar-refractivity contribution is 14.0. The largest absolute Gasteiger partial charge is 0.381 e. The molecule has 5 nitrogen and oxygen atoms in total. The van der Waals surface area contributed by atoms with Gasteiger partial charge in [-0.1, -0.05) is 24.3 Å².